The zero-order valence-corrected chi connectivity index (χ0v) is 10.6. The number of carbonyl (C=O) groups is 1. The van der Waals surface area contributed by atoms with Crippen LogP contribution in [0.2, 0.25) is 0 Å². The highest BCUT2D eigenvalue weighted by Gasteiger charge is 2.46. The summed E-state index contributed by atoms with van der Waals surface area (Å²) in [5.41, 5.74) is 7.16. The maximum absolute atomic E-state index is 11.8. The molecule has 0 amide bonds. The van der Waals surface area contributed by atoms with Crippen LogP contribution in [0.4, 0.5) is 5.69 Å². The minimum absolute atomic E-state index is 0.0258. The van der Waals surface area contributed by atoms with Crippen molar-refractivity contribution in [1.82, 2.24) is 0 Å². The molecule has 1 aromatic carbocycles. The average Bonchev–Trinajstić information content (AvgIpc) is 2.96. The molecule has 0 aliphatic heterocycles. The first-order valence-electron chi connectivity index (χ1n) is 5.95. The third-order valence-electron chi connectivity index (χ3n) is 2.86. The second-order valence-electron chi connectivity index (χ2n) is 5.65. The van der Waals surface area contributed by atoms with Gasteiger partial charge in [0.15, 0.2) is 0 Å². The van der Waals surface area contributed by atoms with E-state index >= 15 is 0 Å². The first-order valence-corrected chi connectivity index (χ1v) is 5.95. The molecular weight excluding hydrogens is 214 g/mol. The molecule has 0 bridgehead atoms. The summed E-state index contributed by atoms with van der Waals surface area (Å²) in [5.74, 6) is 0.252. The maximum atomic E-state index is 11.8. The number of rotatable bonds is 2. The molecule has 0 unspecified atom stereocenters. The number of ether oxygens (including phenoxy) is 1. The van der Waals surface area contributed by atoms with Crippen molar-refractivity contribution in [1.29, 1.82) is 0 Å². The first-order chi connectivity index (χ1) is 7.87. The van der Waals surface area contributed by atoms with Crippen molar-refractivity contribution in [3.05, 3.63) is 29.8 Å². The van der Waals surface area contributed by atoms with E-state index in [1.165, 1.54) is 5.56 Å². The molecule has 0 spiro atoms. The summed E-state index contributed by atoms with van der Waals surface area (Å²) < 4.78 is 5.37. The molecule has 3 heteroatoms. The number of carbonyl (C=O) groups excluding carboxylic acids is 1. The van der Waals surface area contributed by atoms with Crippen molar-refractivity contribution in [2.75, 3.05) is 5.73 Å². The average molecular weight is 233 g/mol. The van der Waals surface area contributed by atoms with Crippen molar-refractivity contribution < 1.29 is 9.53 Å². The predicted molar refractivity (Wildman–Crippen MR) is 67.5 cm³/mol. The summed E-state index contributed by atoms with van der Waals surface area (Å²) in [4.78, 5) is 11.8. The summed E-state index contributed by atoms with van der Waals surface area (Å²) in [6, 6.07) is 7.73. The molecule has 2 rings (SSSR count). The summed E-state index contributed by atoms with van der Waals surface area (Å²) in [6.07, 6.45) is 0.888. The number of benzene rings is 1. The van der Waals surface area contributed by atoms with E-state index in [0.29, 0.717) is 5.92 Å². The molecule has 1 aromatic rings. The summed E-state index contributed by atoms with van der Waals surface area (Å²) in [6.45, 7) is 5.68. The number of hydrogen-bond donors (Lipinski definition) is 1. The van der Waals surface area contributed by atoms with Crippen molar-refractivity contribution in [3.63, 3.8) is 0 Å². The van der Waals surface area contributed by atoms with E-state index in [1.807, 2.05) is 45.0 Å². The Morgan fingerprint density at radius 1 is 1.29 bits per heavy atom. The van der Waals surface area contributed by atoms with Gasteiger partial charge < -0.3 is 10.5 Å². The van der Waals surface area contributed by atoms with Gasteiger partial charge in [-0.3, -0.25) is 4.79 Å². The highest BCUT2D eigenvalue weighted by molar-refractivity contribution is 5.77. The van der Waals surface area contributed by atoms with E-state index in [-0.39, 0.29) is 11.9 Å². The van der Waals surface area contributed by atoms with Gasteiger partial charge in [-0.25, -0.2) is 0 Å². The number of anilines is 1. The van der Waals surface area contributed by atoms with E-state index < -0.39 is 5.60 Å². The topological polar surface area (TPSA) is 52.3 Å². The first kappa shape index (κ1) is 12.0. The Balaban J connectivity index is 1.96. The molecule has 0 heterocycles. The van der Waals surface area contributed by atoms with Gasteiger partial charge in [-0.1, -0.05) is 12.1 Å². The van der Waals surface area contributed by atoms with Crippen LogP contribution in [0.1, 0.15) is 38.7 Å². The van der Waals surface area contributed by atoms with Crippen LogP contribution >= 0.6 is 0 Å². The lowest BCUT2D eigenvalue weighted by Gasteiger charge is -2.19. The van der Waals surface area contributed by atoms with Gasteiger partial charge >= 0.3 is 5.97 Å². The molecule has 0 radical (unpaired) electrons. The zero-order valence-electron chi connectivity index (χ0n) is 10.6. The Kier molecular flexibility index (Phi) is 2.86. The van der Waals surface area contributed by atoms with E-state index in [0.717, 1.165) is 12.1 Å². The van der Waals surface area contributed by atoms with Gasteiger partial charge in [-0.05, 0) is 50.8 Å². The van der Waals surface area contributed by atoms with Crippen molar-refractivity contribution >= 4 is 11.7 Å². The van der Waals surface area contributed by atoms with Crippen LogP contribution in [0.25, 0.3) is 0 Å². The Morgan fingerprint density at radius 3 is 2.41 bits per heavy atom. The van der Waals surface area contributed by atoms with Gasteiger partial charge in [0.1, 0.15) is 5.60 Å². The standard InChI is InChI=1S/C14H19NO2/c1-14(2,3)17-13(16)12-8-11(12)9-4-6-10(15)7-5-9/h4-7,11-12H,8,15H2,1-3H3/t11-,12+/m0/s1. The van der Waals surface area contributed by atoms with Gasteiger partial charge in [0.25, 0.3) is 0 Å². The van der Waals surface area contributed by atoms with Crippen LogP contribution in [0.5, 0.6) is 0 Å². The van der Waals surface area contributed by atoms with E-state index in [9.17, 15) is 4.79 Å². The second kappa shape index (κ2) is 4.06. The number of nitrogens with two attached hydrogens (primary N) is 1. The fourth-order valence-corrected chi connectivity index (χ4v) is 1.94. The molecule has 1 aliphatic rings. The zero-order chi connectivity index (χ0) is 12.6. The van der Waals surface area contributed by atoms with Gasteiger partial charge in [-0.2, -0.15) is 0 Å². The van der Waals surface area contributed by atoms with Crippen molar-refractivity contribution in [3.8, 4) is 0 Å². The summed E-state index contributed by atoms with van der Waals surface area (Å²) >= 11 is 0. The third-order valence-corrected chi connectivity index (χ3v) is 2.86. The Bertz CT molecular complexity index is 417. The molecule has 0 aromatic heterocycles. The highest BCUT2D eigenvalue weighted by Crippen LogP contribution is 2.48. The lowest BCUT2D eigenvalue weighted by molar-refractivity contribution is -0.156. The molecule has 0 saturated heterocycles. The Labute approximate surface area is 102 Å². The van der Waals surface area contributed by atoms with Crippen LogP contribution < -0.4 is 5.73 Å². The van der Waals surface area contributed by atoms with E-state index in [4.69, 9.17) is 10.5 Å². The molecule has 2 atom stereocenters. The quantitative estimate of drug-likeness (QED) is 0.631. The highest BCUT2D eigenvalue weighted by atomic mass is 16.6. The largest absolute Gasteiger partial charge is 0.460 e. The van der Waals surface area contributed by atoms with Crippen LogP contribution in [0, 0.1) is 5.92 Å². The molecule has 17 heavy (non-hydrogen) atoms. The normalized spacial score (nSPS) is 23.2. The van der Waals surface area contributed by atoms with Crippen LogP contribution in [-0.2, 0) is 9.53 Å². The molecule has 1 fully saturated rings. The van der Waals surface area contributed by atoms with Crippen molar-refractivity contribution in [2.45, 2.75) is 38.7 Å². The monoisotopic (exact) mass is 233 g/mol. The second-order valence-corrected chi connectivity index (χ2v) is 5.65. The van der Waals surface area contributed by atoms with Crippen molar-refractivity contribution in [2.24, 2.45) is 5.92 Å². The molecular formula is C14H19NO2. The number of hydrogen-bond acceptors (Lipinski definition) is 3. The molecule has 3 nitrogen and oxygen atoms in total. The van der Waals surface area contributed by atoms with Gasteiger partial charge in [0.05, 0.1) is 5.92 Å². The summed E-state index contributed by atoms with van der Waals surface area (Å²) in [7, 11) is 0. The van der Waals surface area contributed by atoms with E-state index in [2.05, 4.69) is 0 Å². The van der Waals surface area contributed by atoms with Crippen LogP contribution in [-0.4, -0.2) is 11.6 Å². The van der Waals surface area contributed by atoms with Gasteiger partial charge in [0.2, 0.25) is 0 Å². The van der Waals surface area contributed by atoms with E-state index in [1.54, 1.807) is 0 Å². The molecule has 2 N–H and O–H groups in total. The molecule has 1 aliphatic carbocycles. The molecule has 92 valence electrons. The Morgan fingerprint density at radius 2 is 1.88 bits per heavy atom. The fourth-order valence-electron chi connectivity index (χ4n) is 1.94. The third kappa shape index (κ3) is 2.99. The maximum Gasteiger partial charge on any atom is 0.310 e. The Hall–Kier alpha value is -1.51. The lowest BCUT2D eigenvalue weighted by Crippen LogP contribution is -2.25. The predicted octanol–water partition coefficient (Wildman–Crippen LogP) is 2.71. The minimum atomic E-state index is -0.397. The SMILES string of the molecule is CC(C)(C)OC(=O)[C@@H]1C[C@H]1c1ccc(N)cc1. The van der Waals surface area contributed by atoms with Gasteiger partial charge in [-0.15, -0.1) is 0 Å². The molecule has 1 saturated carbocycles. The van der Waals surface area contributed by atoms with Crippen LogP contribution in [0.15, 0.2) is 24.3 Å². The smallest absolute Gasteiger partial charge is 0.310 e. The fraction of sp³-hybridized carbons (Fsp3) is 0.500. The lowest BCUT2D eigenvalue weighted by atomic mass is 10.1. The minimum Gasteiger partial charge on any atom is -0.460 e. The van der Waals surface area contributed by atoms with Gasteiger partial charge in [0, 0.05) is 5.69 Å². The number of esters is 1. The number of nitrogen functional groups attached to an aromatic ring is 1. The van der Waals surface area contributed by atoms with Crippen LogP contribution in [0.3, 0.4) is 0 Å². The summed E-state index contributed by atoms with van der Waals surface area (Å²) in [5, 5.41) is 0.